The maximum Gasteiger partial charge on any atom is 0.577 e. The molecule has 0 atom stereocenters. The maximum absolute atomic E-state index is 11.6. The second-order valence-corrected chi connectivity index (χ2v) is 8.71. The minimum Gasteiger partial charge on any atom is -0.356 e. The smallest absolute Gasteiger partial charge is 0.356 e. The second kappa shape index (κ2) is 8.82. The first-order valence-electron chi connectivity index (χ1n) is 5.93. The van der Waals surface area contributed by atoms with Gasteiger partial charge in [-0.25, -0.2) is 21.4 Å². The lowest BCUT2D eigenvalue weighted by Gasteiger charge is -2.02. The monoisotopic (exact) mass is 374 g/mol. The van der Waals surface area contributed by atoms with Gasteiger partial charge in [-0.2, -0.15) is 0 Å². The number of hydrogen-bond acceptors (Lipinski definition) is 7. The Labute approximate surface area is 128 Å². The third-order valence-electron chi connectivity index (χ3n) is 1.98. The average molecular weight is 374 g/mol. The molecule has 0 aromatic rings. The summed E-state index contributed by atoms with van der Waals surface area (Å²) in [6.07, 6.45) is 0.335. The summed E-state index contributed by atoms with van der Waals surface area (Å²) in [5.41, 5.74) is 17.2. The van der Waals surface area contributed by atoms with Gasteiger partial charge in [0.05, 0.1) is 11.5 Å². The number of nitrogens with zero attached hydrogens (tertiary/aromatic N) is 4. The summed E-state index contributed by atoms with van der Waals surface area (Å²) in [5.74, 6) is -0.896. The van der Waals surface area contributed by atoms with Gasteiger partial charge in [-0.3, -0.25) is 0 Å². The van der Waals surface area contributed by atoms with Gasteiger partial charge in [0.2, 0.25) is 0 Å². The molecule has 0 heterocycles. The van der Waals surface area contributed by atoms with Crippen molar-refractivity contribution in [2.45, 2.75) is 26.7 Å². The fourth-order valence-corrected chi connectivity index (χ4v) is 4.67. The molecule has 0 fully saturated rings. The molecule has 0 unspecified atom stereocenters. The molecule has 0 saturated carbocycles. The average Bonchev–Trinajstić information content (AvgIpc) is 2.41. The number of sulfone groups is 2. The third-order valence-corrected chi connectivity index (χ3v) is 6.28. The van der Waals surface area contributed by atoms with Crippen molar-refractivity contribution in [3.05, 3.63) is 11.1 Å². The van der Waals surface area contributed by atoms with Crippen molar-refractivity contribution in [2.24, 2.45) is 0 Å². The highest BCUT2D eigenvalue weighted by molar-refractivity contribution is 8.06. The molecule has 0 N–H and O–H groups in total. The Morgan fingerprint density at radius 1 is 0.909 bits per heavy atom. The van der Waals surface area contributed by atoms with Gasteiger partial charge in [-0.1, -0.05) is 13.8 Å². The molecule has 126 valence electrons. The van der Waals surface area contributed by atoms with Crippen LogP contribution < -0.4 is 0 Å². The van der Waals surface area contributed by atoms with Crippen LogP contribution in [0.25, 0.3) is 11.1 Å². The van der Waals surface area contributed by atoms with Gasteiger partial charge in [-0.15, -0.1) is 9.58 Å². The molecule has 0 rings (SSSR count). The first kappa shape index (κ1) is 20.5. The van der Waals surface area contributed by atoms with Gasteiger partial charge in [0, 0.05) is 0 Å². The standard InChI is InChI=1S/C8H15N4O7PS2/c1-3-5-21(14,15)7(11-9)18-20(13)19-8(12-10)22(16,17)6-4-2/h20H,3-6H2,1-2H3. The predicted molar refractivity (Wildman–Crippen MR) is 76.6 cm³/mol. The zero-order chi connectivity index (χ0) is 17.4. The van der Waals surface area contributed by atoms with Gasteiger partial charge in [0.1, 0.15) is 0 Å². The first-order chi connectivity index (χ1) is 10.1. The molecule has 0 bridgehead atoms. The molecule has 11 nitrogen and oxygen atoms in total. The summed E-state index contributed by atoms with van der Waals surface area (Å²) >= 11 is 0. The Morgan fingerprint density at radius 3 is 1.45 bits per heavy atom. The summed E-state index contributed by atoms with van der Waals surface area (Å²) in [5, 5.41) is -2.55. The minimum absolute atomic E-state index is 0.167. The van der Waals surface area contributed by atoms with E-state index in [2.05, 4.69) is 18.6 Å². The van der Waals surface area contributed by atoms with Crippen LogP contribution in [0.4, 0.5) is 0 Å². The lowest BCUT2D eigenvalue weighted by atomic mass is 10.6. The molecular formula is C8H15N4O7PS2. The summed E-state index contributed by atoms with van der Waals surface area (Å²) in [6.45, 7) is 3.06. The molecule has 0 saturated heterocycles. The molecular weight excluding hydrogens is 359 g/mol. The second-order valence-electron chi connectivity index (χ2n) is 3.82. The largest absolute Gasteiger partial charge is 0.577 e. The van der Waals surface area contributed by atoms with Crippen molar-refractivity contribution < 1.29 is 40.0 Å². The fraction of sp³-hybridized carbons (Fsp3) is 0.750. The molecule has 0 aromatic heterocycles. The van der Waals surface area contributed by atoms with Crippen molar-refractivity contribution in [1.82, 2.24) is 0 Å². The van der Waals surface area contributed by atoms with Gasteiger partial charge in [-0.05, 0) is 12.8 Å². The molecule has 0 spiro atoms. The summed E-state index contributed by atoms with van der Waals surface area (Å²) in [6, 6.07) is 0. The summed E-state index contributed by atoms with van der Waals surface area (Å²) in [4.78, 5) is 4.70. The van der Waals surface area contributed by atoms with Gasteiger partial charge in [0.25, 0.3) is 19.7 Å². The summed E-state index contributed by atoms with van der Waals surface area (Å²) in [7, 11) is -12.1. The van der Waals surface area contributed by atoms with Gasteiger partial charge in [0.15, 0.2) is 0 Å². The number of hydrogen-bond donors (Lipinski definition) is 0. The van der Waals surface area contributed by atoms with E-state index in [-0.39, 0.29) is 12.8 Å². The molecule has 0 aliphatic heterocycles. The van der Waals surface area contributed by atoms with E-state index in [1.54, 1.807) is 0 Å². The quantitative estimate of drug-likeness (QED) is 0.210. The van der Waals surface area contributed by atoms with Crippen LogP contribution in [-0.2, 0) is 33.3 Å². The lowest BCUT2D eigenvalue weighted by molar-refractivity contribution is -0.0254. The van der Waals surface area contributed by atoms with Crippen molar-refractivity contribution >= 4 is 38.4 Å². The van der Waals surface area contributed by atoms with E-state index >= 15 is 0 Å². The maximum atomic E-state index is 11.6. The van der Waals surface area contributed by atoms with Crippen molar-refractivity contribution in [1.29, 1.82) is 0 Å². The van der Waals surface area contributed by atoms with Crippen molar-refractivity contribution in [2.75, 3.05) is 11.5 Å². The zero-order valence-corrected chi connectivity index (χ0v) is 14.4. The normalized spacial score (nSPS) is 12.6. The van der Waals surface area contributed by atoms with Gasteiger partial charge >= 0.3 is 18.7 Å². The molecule has 22 heavy (non-hydrogen) atoms. The van der Waals surface area contributed by atoms with Crippen LogP contribution in [0, 0.1) is 0 Å². The van der Waals surface area contributed by atoms with E-state index in [9.17, 15) is 21.4 Å². The van der Waals surface area contributed by atoms with E-state index in [1.165, 1.54) is 13.8 Å². The Balaban J connectivity index is 5.18. The lowest BCUT2D eigenvalue weighted by Crippen LogP contribution is -2.23. The number of rotatable bonds is 6. The predicted octanol–water partition coefficient (Wildman–Crippen LogP) is 0.231. The fourth-order valence-electron chi connectivity index (χ4n) is 1.17. The van der Waals surface area contributed by atoms with Crippen LogP contribution in [-0.4, -0.2) is 48.4 Å². The van der Waals surface area contributed by atoms with E-state index in [0.717, 1.165) is 0 Å². The Kier molecular flexibility index (Phi) is 8.21. The van der Waals surface area contributed by atoms with Crippen molar-refractivity contribution in [3.63, 3.8) is 0 Å². The van der Waals surface area contributed by atoms with Crippen molar-refractivity contribution in [3.8, 4) is 0 Å². The topological polar surface area (TPSA) is 177 Å². The highest BCUT2D eigenvalue weighted by atomic mass is 32.2. The van der Waals surface area contributed by atoms with E-state index in [0.29, 0.717) is 0 Å². The minimum atomic E-state index is -4.13. The van der Waals surface area contributed by atoms with Crippen LogP contribution in [0.3, 0.4) is 0 Å². The molecule has 14 heteroatoms. The highest BCUT2D eigenvalue weighted by Crippen LogP contribution is 2.26. The highest BCUT2D eigenvalue weighted by Gasteiger charge is 2.36. The molecule has 0 aliphatic rings. The zero-order valence-electron chi connectivity index (χ0n) is 11.8. The summed E-state index contributed by atoms with van der Waals surface area (Å²) < 4.78 is 66.4. The SMILES string of the molecule is CCCS(=O)(=O)C(=[N+]=[N-])O[PH](=O)OC(=[N+]=[N-])S(=O)(=O)CCC. The first-order valence-corrected chi connectivity index (χ1v) is 10.5. The van der Waals surface area contributed by atoms with Crippen LogP contribution in [0.2, 0.25) is 0 Å². The van der Waals surface area contributed by atoms with Crippen LogP contribution in [0.15, 0.2) is 0 Å². The Hall–Kier alpha value is -1.51. The van der Waals surface area contributed by atoms with Crippen LogP contribution in [0.1, 0.15) is 26.7 Å². The molecule has 0 amide bonds. The van der Waals surface area contributed by atoms with E-state index in [4.69, 9.17) is 11.1 Å². The Morgan fingerprint density at radius 2 is 1.23 bits per heavy atom. The third kappa shape index (κ3) is 6.08. The van der Waals surface area contributed by atoms with E-state index in [1.807, 2.05) is 0 Å². The van der Waals surface area contributed by atoms with Crippen LogP contribution in [0.5, 0.6) is 0 Å². The molecule has 0 radical (unpaired) electrons. The van der Waals surface area contributed by atoms with Gasteiger partial charge < -0.3 is 20.1 Å². The Bertz CT molecular complexity index is 670. The molecule has 0 aliphatic carbocycles. The van der Waals surface area contributed by atoms with Crippen LogP contribution >= 0.6 is 8.25 Å². The molecule has 0 aromatic carbocycles. The van der Waals surface area contributed by atoms with E-state index < -0.39 is 49.9 Å².